The van der Waals surface area contributed by atoms with Gasteiger partial charge in [0.05, 0.1) is 36.9 Å². The predicted molar refractivity (Wildman–Crippen MR) is 129 cm³/mol. The minimum Gasteiger partial charge on any atom is -0.493 e. The Morgan fingerprint density at radius 3 is 2.39 bits per heavy atom. The second-order valence-electron chi connectivity index (χ2n) is 8.37. The number of benzene rings is 2. The van der Waals surface area contributed by atoms with Crippen molar-refractivity contribution in [3.05, 3.63) is 58.1 Å². The van der Waals surface area contributed by atoms with Gasteiger partial charge in [-0.15, -0.1) is 0 Å². The summed E-state index contributed by atoms with van der Waals surface area (Å²) in [6.45, 7) is 6.36. The van der Waals surface area contributed by atoms with Crippen LogP contribution in [0.2, 0.25) is 5.02 Å². The van der Waals surface area contributed by atoms with Crippen LogP contribution in [0.25, 0.3) is 0 Å². The predicted octanol–water partition coefficient (Wildman–Crippen LogP) is 4.58. The van der Waals surface area contributed by atoms with E-state index in [1.807, 2.05) is 32.9 Å². The van der Waals surface area contributed by atoms with Gasteiger partial charge < -0.3 is 25.0 Å². The number of nitrogens with zero attached hydrogens (tertiary/aromatic N) is 1. The number of nitrogens with one attached hydrogen (secondary N) is 2. The van der Waals surface area contributed by atoms with Crippen LogP contribution < -0.4 is 20.1 Å². The molecule has 2 unspecified atom stereocenters. The standard InChI is InChI=1S/C25H32ClN3O4/c1-6-20(28-24(30)17-9-7-8-10-19(17)26)23-18-14-22(33-5)21(32-4)13-16(18)11-12-29(23)25(31)27-15(2)3/h7-10,13-15,20,23H,6,11-12H2,1-5H3,(H,27,31)(H,28,30). The highest BCUT2D eigenvalue weighted by Crippen LogP contribution is 2.40. The summed E-state index contributed by atoms with van der Waals surface area (Å²) in [6, 6.07) is 9.90. The minimum absolute atomic E-state index is 0.0113. The number of carbonyl (C=O) groups is 2. The van der Waals surface area contributed by atoms with Crippen molar-refractivity contribution in [1.82, 2.24) is 15.5 Å². The molecule has 0 fully saturated rings. The molecule has 7 nitrogen and oxygen atoms in total. The zero-order valence-corrected chi connectivity index (χ0v) is 20.5. The lowest BCUT2D eigenvalue weighted by atomic mass is 9.86. The van der Waals surface area contributed by atoms with Gasteiger partial charge in [0.25, 0.3) is 5.91 Å². The number of carbonyl (C=O) groups excluding carboxylic acids is 2. The van der Waals surface area contributed by atoms with Gasteiger partial charge in [-0.3, -0.25) is 4.79 Å². The smallest absolute Gasteiger partial charge is 0.318 e. The fourth-order valence-corrected chi connectivity index (χ4v) is 4.49. The van der Waals surface area contributed by atoms with Gasteiger partial charge in [-0.25, -0.2) is 4.79 Å². The maximum Gasteiger partial charge on any atom is 0.318 e. The fourth-order valence-electron chi connectivity index (χ4n) is 4.26. The van der Waals surface area contributed by atoms with Crippen LogP contribution in [-0.2, 0) is 6.42 Å². The summed E-state index contributed by atoms with van der Waals surface area (Å²) in [5.74, 6) is 0.951. The van der Waals surface area contributed by atoms with Gasteiger partial charge in [-0.1, -0.05) is 30.7 Å². The molecule has 178 valence electrons. The molecule has 0 spiro atoms. The van der Waals surface area contributed by atoms with Gasteiger partial charge in [-0.05, 0) is 62.1 Å². The first-order chi connectivity index (χ1) is 15.8. The number of rotatable bonds is 7. The Balaban J connectivity index is 2.04. The number of methoxy groups -OCH3 is 2. The molecule has 3 rings (SSSR count). The number of urea groups is 1. The first-order valence-electron chi connectivity index (χ1n) is 11.2. The van der Waals surface area contributed by atoms with Crippen molar-refractivity contribution in [2.75, 3.05) is 20.8 Å². The van der Waals surface area contributed by atoms with Crippen LogP contribution in [0.15, 0.2) is 36.4 Å². The van der Waals surface area contributed by atoms with Gasteiger partial charge in [0.2, 0.25) is 0 Å². The van der Waals surface area contributed by atoms with Gasteiger partial charge in [-0.2, -0.15) is 0 Å². The Morgan fingerprint density at radius 2 is 1.79 bits per heavy atom. The second kappa shape index (κ2) is 10.8. The third-order valence-electron chi connectivity index (χ3n) is 5.85. The molecule has 2 N–H and O–H groups in total. The molecule has 1 aliphatic rings. The number of amides is 3. The van der Waals surface area contributed by atoms with E-state index in [0.717, 1.165) is 11.1 Å². The highest BCUT2D eigenvalue weighted by Gasteiger charge is 2.38. The quantitative estimate of drug-likeness (QED) is 0.616. The summed E-state index contributed by atoms with van der Waals surface area (Å²) in [7, 11) is 3.19. The third kappa shape index (κ3) is 5.36. The monoisotopic (exact) mass is 473 g/mol. The van der Waals surface area contributed by atoms with Crippen LogP contribution in [0.1, 0.15) is 54.7 Å². The molecule has 1 aliphatic heterocycles. The maximum absolute atomic E-state index is 13.2. The molecule has 2 atom stereocenters. The molecule has 0 saturated carbocycles. The van der Waals surface area contributed by atoms with Crippen LogP contribution >= 0.6 is 11.6 Å². The van der Waals surface area contributed by atoms with E-state index in [0.29, 0.717) is 41.5 Å². The lowest BCUT2D eigenvalue weighted by molar-refractivity contribution is 0.0887. The SMILES string of the molecule is CCC(NC(=O)c1ccccc1Cl)C1c2cc(OC)c(OC)cc2CCN1C(=O)NC(C)C. The van der Waals surface area contributed by atoms with E-state index < -0.39 is 0 Å². The summed E-state index contributed by atoms with van der Waals surface area (Å²) < 4.78 is 11.0. The van der Waals surface area contributed by atoms with Crippen molar-refractivity contribution in [2.24, 2.45) is 0 Å². The molecule has 0 saturated heterocycles. The number of halogens is 1. The van der Waals surface area contributed by atoms with Crippen LogP contribution in [0.4, 0.5) is 4.79 Å². The molecule has 0 aliphatic carbocycles. The molecule has 0 aromatic heterocycles. The molecule has 1 heterocycles. The molecule has 33 heavy (non-hydrogen) atoms. The maximum atomic E-state index is 13.2. The van der Waals surface area contributed by atoms with Crippen LogP contribution in [0, 0.1) is 0 Å². The zero-order valence-electron chi connectivity index (χ0n) is 19.8. The fraction of sp³-hybridized carbons (Fsp3) is 0.440. The molecule has 0 radical (unpaired) electrons. The summed E-state index contributed by atoms with van der Waals surface area (Å²) >= 11 is 6.26. The molecular formula is C25H32ClN3O4. The van der Waals surface area contributed by atoms with Crippen LogP contribution in [0.3, 0.4) is 0 Å². The van der Waals surface area contributed by atoms with E-state index in [9.17, 15) is 9.59 Å². The largest absolute Gasteiger partial charge is 0.493 e. The van der Waals surface area contributed by atoms with E-state index >= 15 is 0 Å². The Labute approximate surface area is 200 Å². The average Bonchev–Trinajstić information content (AvgIpc) is 2.80. The van der Waals surface area contributed by atoms with E-state index in [1.165, 1.54) is 0 Å². The summed E-state index contributed by atoms with van der Waals surface area (Å²) in [5, 5.41) is 6.50. The molecule has 2 aromatic rings. The van der Waals surface area contributed by atoms with Gasteiger partial charge in [0.15, 0.2) is 11.5 Å². The van der Waals surface area contributed by atoms with Crippen LogP contribution in [-0.4, -0.2) is 49.7 Å². The topological polar surface area (TPSA) is 79.9 Å². The Bertz CT molecular complexity index is 1010. The Hall–Kier alpha value is -2.93. The van der Waals surface area contributed by atoms with Crippen molar-refractivity contribution in [3.8, 4) is 11.5 Å². The zero-order chi connectivity index (χ0) is 24.1. The van der Waals surface area contributed by atoms with Crippen molar-refractivity contribution >= 4 is 23.5 Å². The Kier molecular flexibility index (Phi) is 8.08. The number of hydrogen-bond acceptors (Lipinski definition) is 4. The van der Waals surface area contributed by atoms with E-state index in [2.05, 4.69) is 10.6 Å². The third-order valence-corrected chi connectivity index (χ3v) is 6.18. The Morgan fingerprint density at radius 1 is 1.12 bits per heavy atom. The molecule has 0 bridgehead atoms. The summed E-state index contributed by atoms with van der Waals surface area (Å²) in [6.07, 6.45) is 1.28. The van der Waals surface area contributed by atoms with Crippen molar-refractivity contribution in [2.45, 2.75) is 51.7 Å². The van der Waals surface area contributed by atoms with Gasteiger partial charge in [0, 0.05) is 12.6 Å². The molecular weight excluding hydrogens is 442 g/mol. The summed E-state index contributed by atoms with van der Waals surface area (Å²) in [4.78, 5) is 28.1. The van der Waals surface area contributed by atoms with E-state index in [4.69, 9.17) is 21.1 Å². The molecule has 8 heteroatoms. The molecule has 2 aromatic carbocycles. The van der Waals surface area contributed by atoms with Gasteiger partial charge in [0.1, 0.15) is 0 Å². The van der Waals surface area contributed by atoms with Crippen molar-refractivity contribution < 1.29 is 19.1 Å². The second-order valence-corrected chi connectivity index (χ2v) is 8.77. The first-order valence-corrected chi connectivity index (χ1v) is 11.6. The number of hydrogen-bond donors (Lipinski definition) is 2. The normalized spacial score (nSPS) is 16.1. The minimum atomic E-state index is -0.385. The number of ether oxygens (including phenoxy) is 2. The first kappa shape index (κ1) is 24.7. The number of fused-ring (bicyclic) bond motifs is 1. The highest BCUT2D eigenvalue weighted by atomic mass is 35.5. The highest BCUT2D eigenvalue weighted by molar-refractivity contribution is 6.33. The van der Waals surface area contributed by atoms with Crippen molar-refractivity contribution in [1.29, 1.82) is 0 Å². The lowest BCUT2D eigenvalue weighted by Crippen LogP contribution is -2.54. The lowest BCUT2D eigenvalue weighted by Gasteiger charge is -2.42. The molecule has 3 amide bonds. The van der Waals surface area contributed by atoms with E-state index in [1.54, 1.807) is 43.4 Å². The van der Waals surface area contributed by atoms with Gasteiger partial charge >= 0.3 is 6.03 Å². The van der Waals surface area contributed by atoms with Crippen LogP contribution in [0.5, 0.6) is 11.5 Å². The van der Waals surface area contributed by atoms with Crippen molar-refractivity contribution in [3.63, 3.8) is 0 Å². The van der Waals surface area contributed by atoms with E-state index in [-0.39, 0.29) is 30.1 Å². The summed E-state index contributed by atoms with van der Waals surface area (Å²) in [5.41, 5.74) is 2.40. The average molecular weight is 474 g/mol.